The van der Waals surface area contributed by atoms with E-state index in [-0.39, 0.29) is 0 Å². The van der Waals surface area contributed by atoms with Crippen molar-refractivity contribution in [2.24, 2.45) is 0 Å². The summed E-state index contributed by atoms with van der Waals surface area (Å²) in [5.74, 6) is 0. The van der Waals surface area contributed by atoms with Crippen molar-refractivity contribution in [3.63, 3.8) is 0 Å². The van der Waals surface area contributed by atoms with Gasteiger partial charge in [0.2, 0.25) is 6.93 Å². The Hall–Kier alpha value is 1.81. The first-order valence-corrected chi connectivity index (χ1v) is 15.0. The zero-order valence-electron chi connectivity index (χ0n) is 3.37. The zero-order chi connectivity index (χ0) is 5.86. The van der Waals surface area contributed by atoms with Crippen molar-refractivity contribution in [1.82, 2.24) is 0 Å². The lowest BCUT2D eigenvalue weighted by Crippen LogP contribution is -2.24. The lowest BCUT2D eigenvalue weighted by molar-refractivity contribution is 3.73. The summed E-state index contributed by atoms with van der Waals surface area (Å²) in [5.41, 5.74) is 0. The summed E-state index contributed by atoms with van der Waals surface area (Å²) in [5, 5.41) is 0. The monoisotopic (exact) mass is 228 g/mol. The highest BCUT2D eigenvalue weighted by atomic mass is 35.7. The predicted octanol–water partition coefficient (Wildman–Crippen LogP) is 0.545. The minimum absolute atomic E-state index is 0.535. The Morgan fingerprint density at radius 2 is 1.57 bits per heavy atom. The first-order chi connectivity index (χ1) is 3.18. The quantitative estimate of drug-likeness (QED) is 0.480. The Balaban J connectivity index is 3.14. The largest absolute Gasteiger partial charge is 0.237 e. The summed E-state index contributed by atoms with van der Waals surface area (Å²) in [7, 11) is -1.74. The maximum Gasteiger partial charge on any atom is 0.237 e. The Morgan fingerprint density at radius 3 is 1.57 bits per heavy atom. The molecule has 0 aliphatic carbocycles. The SMILES string of the molecule is Cl[SiH2][SiH](Cl)[SiH](Cl)Cl. The van der Waals surface area contributed by atoms with E-state index in [9.17, 15) is 0 Å². The maximum absolute atomic E-state index is 5.67. The van der Waals surface area contributed by atoms with Gasteiger partial charge in [0.1, 0.15) is 8.35 Å². The van der Waals surface area contributed by atoms with Crippen LogP contribution < -0.4 is 0 Å². The van der Waals surface area contributed by atoms with Crippen molar-refractivity contribution < 1.29 is 0 Å². The normalized spacial score (nSPS) is 16.7. The summed E-state index contributed by atoms with van der Waals surface area (Å²) < 4.78 is 0. The standard InChI is InChI=1S/Cl4H4Si3/c1-5-7(4)6(2)3/h6-7H,5H2. The predicted molar refractivity (Wildman–Crippen MR) is 46.3 cm³/mol. The van der Waals surface area contributed by atoms with Crippen LogP contribution in [0.4, 0.5) is 0 Å². The minimum atomic E-state index is -1.49. The number of halogens is 4. The molecule has 0 saturated heterocycles. The fraction of sp³-hybridized carbons (Fsp3) is 0. The van der Waals surface area contributed by atoms with Crippen LogP contribution in [0.25, 0.3) is 0 Å². The molecule has 0 spiro atoms. The van der Waals surface area contributed by atoms with Gasteiger partial charge < -0.3 is 0 Å². The maximum atomic E-state index is 5.67. The first-order valence-electron chi connectivity index (χ1n) is 1.66. The van der Waals surface area contributed by atoms with Crippen LogP contribution in [0, 0.1) is 0 Å². The van der Waals surface area contributed by atoms with Crippen molar-refractivity contribution in [2.45, 2.75) is 0 Å². The molecule has 0 nitrogen and oxygen atoms in total. The van der Waals surface area contributed by atoms with Crippen LogP contribution in [0.2, 0.25) is 0 Å². The van der Waals surface area contributed by atoms with Gasteiger partial charge in [0.15, 0.2) is 7.14 Å². The van der Waals surface area contributed by atoms with Crippen LogP contribution >= 0.6 is 44.3 Å². The third-order valence-corrected chi connectivity index (χ3v) is 34.1. The summed E-state index contributed by atoms with van der Waals surface area (Å²) in [6, 6.07) is 0. The van der Waals surface area contributed by atoms with Crippen LogP contribution in [-0.4, -0.2) is 22.4 Å². The average Bonchev–Trinajstić information content (AvgIpc) is 1.65. The van der Waals surface area contributed by atoms with Crippen molar-refractivity contribution in [1.29, 1.82) is 0 Å². The van der Waals surface area contributed by atoms with Crippen LogP contribution in [0.1, 0.15) is 0 Å². The Kier molecular flexibility index (Phi) is 5.87. The van der Waals surface area contributed by atoms with E-state index in [0.29, 0.717) is 0 Å². The molecule has 7 heteroatoms. The number of rotatable bonds is 2. The lowest BCUT2D eigenvalue weighted by atomic mass is 26.5. The zero-order valence-corrected chi connectivity index (χ0v) is 10.1. The van der Waals surface area contributed by atoms with Gasteiger partial charge in [0.05, 0.1) is 0 Å². The van der Waals surface area contributed by atoms with Crippen molar-refractivity contribution in [3.05, 3.63) is 0 Å². The molecule has 0 N–H and O–H groups in total. The van der Waals surface area contributed by atoms with E-state index in [0.717, 1.165) is 0 Å². The molecule has 0 heterocycles. The Bertz CT molecular complexity index is 44.2. The highest BCUT2D eigenvalue weighted by Crippen LogP contribution is 2.04. The van der Waals surface area contributed by atoms with Gasteiger partial charge in [-0.25, -0.2) is 0 Å². The molecule has 0 saturated carbocycles. The first kappa shape index (κ1) is 8.81. The molecule has 0 aliphatic heterocycles. The molecule has 0 aromatic carbocycles. The van der Waals surface area contributed by atoms with Crippen molar-refractivity contribution >= 4 is 66.7 Å². The summed E-state index contributed by atoms with van der Waals surface area (Å²) in [4.78, 5) is 0. The van der Waals surface area contributed by atoms with E-state index >= 15 is 0 Å². The van der Waals surface area contributed by atoms with Gasteiger partial charge in [0, 0.05) is 0 Å². The minimum Gasteiger partial charge on any atom is -0.179 e. The van der Waals surface area contributed by atoms with Crippen LogP contribution in [0.15, 0.2) is 0 Å². The Morgan fingerprint density at radius 1 is 1.14 bits per heavy atom. The molecule has 1 unspecified atom stereocenters. The average molecular weight is 230 g/mol. The van der Waals surface area contributed by atoms with Crippen LogP contribution in [-0.2, 0) is 0 Å². The molecule has 0 amide bonds. The van der Waals surface area contributed by atoms with Crippen LogP contribution in [0.5, 0.6) is 0 Å². The molecule has 0 aromatic rings. The summed E-state index contributed by atoms with van der Waals surface area (Å²) in [6.45, 7) is -1.49. The lowest BCUT2D eigenvalue weighted by Gasteiger charge is -1.96. The fourth-order valence-electron chi connectivity index (χ4n) is 0.0673. The number of hydrogen-bond acceptors (Lipinski definition) is 0. The van der Waals surface area contributed by atoms with Crippen molar-refractivity contribution in [2.75, 3.05) is 0 Å². The molecule has 0 radical (unpaired) electrons. The van der Waals surface area contributed by atoms with Gasteiger partial charge in [-0.2, -0.15) is 44.3 Å². The van der Waals surface area contributed by atoms with Gasteiger partial charge in [-0.15, -0.1) is 0 Å². The molecular formula is H4Cl4Si3. The van der Waals surface area contributed by atoms with Gasteiger partial charge in [-0.3, -0.25) is 0 Å². The van der Waals surface area contributed by atoms with E-state index < -0.39 is 22.4 Å². The molecule has 44 valence electrons. The Labute approximate surface area is 66.5 Å². The second-order valence-electron chi connectivity index (χ2n) is 1.00. The van der Waals surface area contributed by atoms with E-state index in [1.807, 2.05) is 0 Å². The summed E-state index contributed by atoms with van der Waals surface area (Å²) >= 11 is 22.2. The molecule has 0 fully saturated rings. The molecule has 1 atom stereocenters. The van der Waals surface area contributed by atoms with Gasteiger partial charge in [-0.05, 0) is 0 Å². The highest BCUT2D eigenvalue weighted by Gasteiger charge is 2.16. The van der Waals surface area contributed by atoms with E-state index in [4.69, 9.17) is 44.3 Å². The second kappa shape index (κ2) is 4.67. The molecule has 0 aromatic heterocycles. The molecule has 0 aliphatic rings. The third-order valence-electron chi connectivity index (χ3n) is 0.421. The molecular weight excluding hydrogens is 226 g/mol. The molecule has 0 bridgehead atoms. The van der Waals surface area contributed by atoms with E-state index in [1.54, 1.807) is 0 Å². The van der Waals surface area contributed by atoms with Gasteiger partial charge in [0.25, 0.3) is 0 Å². The van der Waals surface area contributed by atoms with Crippen molar-refractivity contribution in [3.8, 4) is 0 Å². The number of hydrogen-bond donors (Lipinski definition) is 0. The van der Waals surface area contributed by atoms with Gasteiger partial charge >= 0.3 is 0 Å². The second-order valence-corrected chi connectivity index (χ2v) is 27.1. The van der Waals surface area contributed by atoms with E-state index in [2.05, 4.69) is 0 Å². The fourth-order valence-corrected chi connectivity index (χ4v) is 16.4. The smallest absolute Gasteiger partial charge is 0.179 e. The topological polar surface area (TPSA) is 0 Å². The van der Waals surface area contributed by atoms with Crippen LogP contribution in [0.3, 0.4) is 0 Å². The van der Waals surface area contributed by atoms with E-state index in [1.165, 1.54) is 0 Å². The molecule has 0 rings (SSSR count). The summed E-state index contributed by atoms with van der Waals surface area (Å²) in [6.07, 6.45) is 0. The van der Waals surface area contributed by atoms with Gasteiger partial charge in [-0.1, -0.05) is 0 Å². The highest BCUT2D eigenvalue weighted by molar-refractivity contribution is 7.84. The third kappa shape index (κ3) is 4.32. The molecule has 7 heavy (non-hydrogen) atoms.